The average molecular weight is 225 g/mol. The summed E-state index contributed by atoms with van der Waals surface area (Å²) in [5, 5.41) is 15.2. The Kier molecular flexibility index (Phi) is 2.57. The van der Waals surface area contributed by atoms with E-state index >= 15 is 0 Å². The largest absolute Gasteiger partial charge is 0.465 e. The minimum atomic E-state index is -1.06. The molecule has 16 heavy (non-hydrogen) atoms. The molecule has 1 saturated carbocycles. The lowest BCUT2D eigenvalue weighted by atomic mass is 9.94. The zero-order chi connectivity index (χ0) is 11.8. The number of carbonyl (C=O) groups is 1. The number of nitrogens with one attached hydrogen (secondary N) is 1. The molecule has 88 valence electrons. The van der Waals surface area contributed by atoms with Crippen molar-refractivity contribution in [3.63, 3.8) is 0 Å². The lowest BCUT2D eigenvalue weighted by molar-refractivity contribution is 0.173. The molecule has 1 aromatic heterocycles. The van der Waals surface area contributed by atoms with Crippen LogP contribution in [0.25, 0.3) is 0 Å². The van der Waals surface area contributed by atoms with E-state index in [1.807, 2.05) is 0 Å². The second kappa shape index (κ2) is 3.77. The fourth-order valence-corrected chi connectivity index (χ4v) is 1.86. The summed E-state index contributed by atoms with van der Waals surface area (Å²) >= 11 is 0. The highest BCUT2D eigenvalue weighted by molar-refractivity contribution is 5.65. The molecule has 1 aliphatic carbocycles. The summed E-state index contributed by atoms with van der Waals surface area (Å²) < 4.78 is 4.90. The maximum atomic E-state index is 10.8. The third-order valence-electron chi connectivity index (χ3n) is 2.80. The summed E-state index contributed by atoms with van der Waals surface area (Å²) in [6.07, 6.45) is 1.95. The van der Waals surface area contributed by atoms with Crippen LogP contribution in [0.5, 0.6) is 0 Å². The van der Waals surface area contributed by atoms with E-state index in [0.717, 1.165) is 19.3 Å². The highest BCUT2D eigenvalue weighted by Gasteiger charge is 2.39. The van der Waals surface area contributed by atoms with Gasteiger partial charge in [0.05, 0.1) is 0 Å². The van der Waals surface area contributed by atoms with Crippen LogP contribution in [-0.4, -0.2) is 21.3 Å². The minimum Gasteiger partial charge on any atom is -0.465 e. The van der Waals surface area contributed by atoms with E-state index in [-0.39, 0.29) is 0 Å². The number of nitrogens with zero attached hydrogens (tertiary/aromatic N) is 2. The van der Waals surface area contributed by atoms with Gasteiger partial charge in [0.2, 0.25) is 5.89 Å². The second-order valence-electron chi connectivity index (χ2n) is 4.55. The number of hydrogen-bond donors (Lipinski definition) is 2. The van der Waals surface area contributed by atoms with Crippen LogP contribution in [-0.2, 0) is 5.54 Å². The van der Waals surface area contributed by atoms with E-state index in [9.17, 15) is 4.79 Å². The van der Waals surface area contributed by atoms with Gasteiger partial charge in [0.25, 0.3) is 0 Å². The normalized spacial score (nSPS) is 19.1. The van der Waals surface area contributed by atoms with Crippen molar-refractivity contribution in [1.29, 1.82) is 0 Å². The molecule has 0 aliphatic heterocycles. The van der Waals surface area contributed by atoms with E-state index in [4.69, 9.17) is 9.63 Å². The molecule has 1 heterocycles. The van der Waals surface area contributed by atoms with Gasteiger partial charge in [-0.1, -0.05) is 18.0 Å². The van der Waals surface area contributed by atoms with Gasteiger partial charge in [-0.05, 0) is 19.3 Å². The van der Waals surface area contributed by atoms with Crippen LogP contribution >= 0.6 is 0 Å². The zero-order valence-electron chi connectivity index (χ0n) is 9.36. The first-order valence-electron chi connectivity index (χ1n) is 5.31. The fraction of sp³-hybridized carbons (Fsp3) is 0.700. The quantitative estimate of drug-likeness (QED) is 0.813. The Morgan fingerprint density at radius 2 is 2.38 bits per heavy atom. The van der Waals surface area contributed by atoms with Crippen molar-refractivity contribution < 1.29 is 14.4 Å². The third kappa shape index (κ3) is 2.32. The lowest BCUT2D eigenvalue weighted by Gasteiger charge is -2.25. The summed E-state index contributed by atoms with van der Waals surface area (Å²) in [4.78, 5) is 14.9. The van der Waals surface area contributed by atoms with E-state index < -0.39 is 11.6 Å². The van der Waals surface area contributed by atoms with Gasteiger partial charge < -0.3 is 14.9 Å². The standard InChI is InChI=1S/C10H15N3O3/c1-6-11-8(13-16-6)10(2,12-9(14)15)5-7-3-4-7/h7,12H,3-5H2,1-2H3,(H,14,15). The third-order valence-corrected chi connectivity index (χ3v) is 2.80. The number of amides is 1. The van der Waals surface area contributed by atoms with Crippen LogP contribution in [0.15, 0.2) is 4.52 Å². The number of hydrogen-bond acceptors (Lipinski definition) is 4. The predicted molar refractivity (Wildman–Crippen MR) is 54.9 cm³/mol. The van der Waals surface area contributed by atoms with Crippen molar-refractivity contribution in [1.82, 2.24) is 15.5 Å². The van der Waals surface area contributed by atoms with Crippen molar-refractivity contribution in [3.8, 4) is 0 Å². The Bertz CT molecular complexity index is 400. The molecule has 2 rings (SSSR count). The molecule has 1 unspecified atom stereocenters. The van der Waals surface area contributed by atoms with Crippen molar-refractivity contribution in [2.45, 2.75) is 38.6 Å². The molecule has 6 heteroatoms. The molecule has 1 fully saturated rings. The molecule has 0 saturated heterocycles. The van der Waals surface area contributed by atoms with E-state index in [2.05, 4.69) is 15.5 Å². The van der Waals surface area contributed by atoms with Gasteiger partial charge in [-0.25, -0.2) is 4.79 Å². The van der Waals surface area contributed by atoms with Crippen LogP contribution in [0.2, 0.25) is 0 Å². The number of aromatic nitrogens is 2. The molecule has 1 amide bonds. The summed E-state index contributed by atoms with van der Waals surface area (Å²) in [5.41, 5.74) is -0.745. The van der Waals surface area contributed by atoms with Gasteiger partial charge in [-0.2, -0.15) is 4.98 Å². The smallest absolute Gasteiger partial charge is 0.405 e. The Labute approximate surface area is 93.0 Å². The van der Waals surface area contributed by atoms with E-state index in [1.54, 1.807) is 13.8 Å². The lowest BCUT2D eigenvalue weighted by Crippen LogP contribution is -2.44. The monoisotopic (exact) mass is 225 g/mol. The summed E-state index contributed by atoms with van der Waals surface area (Å²) in [7, 11) is 0. The van der Waals surface area contributed by atoms with Crippen LogP contribution in [0.1, 0.15) is 37.9 Å². The fourth-order valence-electron chi connectivity index (χ4n) is 1.86. The van der Waals surface area contributed by atoms with Crippen LogP contribution in [0.3, 0.4) is 0 Å². The molecule has 6 nitrogen and oxygen atoms in total. The van der Waals surface area contributed by atoms with Crippen molar-refractivity contribution in [2.75, 3.05) is 0 Å². The van der Waals surface area contributed by atoms with Crippen LogP contribution < -0.4 is 5.32 Å². The number of rotatable bonds is 4. The molecular weight excluding hydrogens is 210 g/mol. The molecule has 1 atom stereocenters. The zero-order valence-corrected chi connectivity index (χ0v) is 9.36. The molecule has 0 bridgehead atoms. The van der Waals surface area contributed by atoms with Gasteiger partial charge in [0.1, 0.15) is 5.54 Å². The van der Waals surface area contributed by atoms with Gasteiger partial charge in [-0.3, -0.25) is 0 Å². The van der Waals surface area contributed by atoms with Gasteiger partial charge in [-0.15, -0.1) is 0 Å². The van der Waals surface area contributed by atoms with Gasteiger partial charge in [0.15, 0.2) is 5.82 Å². The Morgan fingerprint density at radius 1 is 1.69 bits per heavy atom. The molecule has 1 aromatic rings. The molecular formula is C10H15N3O3. The van der Waals surface area contributed by atoms with Gasteiger partial charge in [0, 0.05) is 6.92 Å². The first kappa shape index (κ1) is 10.9. The maximum absolute atomic E-state index is 10.8. The van der Waals surface area contributed by atoms with Crippen molar-refractivity contribution >= 4 is 6.09 Å². The molecule has 0 radical (unpaired) electrons. The molecule has 0 aromatic carbocycles. The summed E-state index contributed by atoms with van der Waals surface area (Å²) in [6, 6.07) is 0. The number of carboxylic acid groups (broad SMARTS) is 1. The average Bonchev–Trinajstić information content (AvgIpc) is 2.83. The Hall–Kier alpha value is -1.59. The highest BCUT2D eigenvalue weighted by atomic mass is 16.5. The van der Waals surface area contributed by atoms with E-state index in [0.29, 0.717) is 17.6 Å². The number of aryl methyl sites for hydroxylation is 1. The summed E-state index contributed by atoms with van der Waals surface area (Å²) in [5.74, 6) is 1.43. The topological polar surface area (TPSA) is 88.2 Å². The minimum absolute atomic E-state index is 0.416. The maximum Gasteiger partial charge on any atom is 0.405 e. The first-order valence-corrected chi connectivity index (χ1v) is 5.31. The SMILES string of the molecule is Cc1nc(C(C)(CC2CC2)NC(=O)O)no1. The predicted octanol–water partition coefficient (Wildman–Crippen LogP) is 1.66. The first-order chi connectivity index (χ1) is 7.49. The molecule has 1 aliphatic rings. The molecule has 2 N–H and O–H groups in total. The Morgan fingerprint density at radius 3 is 2.81 bits per heavy atom. The van der Waals surface area contributed by atoms with Crippen LogP contribution in [0.4, 0.5) is 4.79 Å². The van der Waals surface area contributed by atoms with Crippen LogP contribution in [0, 0.1) is 12.8 Å². The second-order valence-corrected chi connectivity index (χ2v) is 4.55. The summed E-state index contributed by atoms with van der Waals surface area (Å²) in [6.45, 7) is 3.48. The van der Waals surface area contributed by atoms with Gasteiger partial charge >= 0.3 is 6.09 Å². The van der Waals surface area contributed by atoms with E-state index in [1.165, 1.54) is 0 Å². The van der Waals surface area contributed by atoms with Crippen molar-refractivity contribution in [2.24, 2.45) is 5.92 Å². The highest BCUT2D eigenvalue weighted by Crippen LogP contribution is 2.39. The molecule has 0 spiro atoms. The Balaban J connectivity index is 2.20. The van der Waals surface area contributed by atoms with Crippen molar-refractivity contribution in [3.05, 3.63) is 11.7 Å².